The number of nitrogens with zero attached hydrogens (tertiary/aromatic N) is 1. The number of nitrogens with one attached hydrogen (secondary N) is 1. The van der Waals surface area contributed by atoms with Crippen LogP contribution in [0.25, 0.3) is 0 Å². The molecule has 0 fully saturated rings. The number of carbonyl (C=O) groups is 2. The number of hydrogen-bond acceptors (Lipinski definition) is 4. The van der Waals surface area contributed by atoms with Crippen molar-refractivity contribution in [2.45, 2.75) is 0 Å². The molecule has 0 aliphatic carbocycles. The van der Waals surface area contributed by atoms with Gasteiger partial charge in [-0.25, -0.2) is 0 Å². The Labute approximate surface area is 124 Å². The van der Waals surface area contributed by atoms with Gasteiger partial charge in [-0.05, 0) is 18.2 Å². The SMILES string of the molecule is O=Cc1cccc(NC(=O)c2c(Cl)cccc2[N+](=O)[O-])c1. The lowest BCUT2D eigenvalue weighted by atomic mass is 10.1. The summed E-state index contributed by atoms with van der Waals surface area (Å²) in [6, 6.07) is 10.2. The van der Waals surface area contributed by atoms with E-state index in [2.05, 4.69) is 5.32 Å². The van der Waals surface area contributed by atoms with E-state index in [9.17, 15) is 19.7 Å². The Balaban J connectivity index is 2.36. The van der Waals surface area contributed by atoms with Crippen LogP contribution in [0.2, 0.25) is 5.02 Å². The van der Waals surface area contributed by atoms with Crippen molar-refractivity contribution in [3.05, 3.63) is 68.7 Å². The molecule has 1 N–H and O–H groups in total. The number of aldehydes is 1. The van der Waals surface area contributed by atoms with E-state index in [1.54, 1.807) is 18.2 Å². The zero-order chi connectivity index (χ0) is 15.4. The van der Waals surface area contributed by atoms with Crippen LogP contribution in [-0.2, 0) is 0 Å². The molecule has 6 nitrogen and oxygen atoms in total. The van der Waals surface area contributed by atoms with Gasteiger partial charge in [0, 0.05) is 17.3 Å². The first kappa shape index (κ1) is 14.7. The van der Waals surface area contributed by atoms with Crippen LogP contribution in [0.15, 0.2) is 42.5 Å². The molecule has 0 bridgehead atoms. The molecule has 0 heterocycles. The molecule has 0 spiro atoms. The van der Waals surface area contributed by atoms with Crippen LogP contribution in [0.4, 0.5) is 11.4 Å². The highest BCUT2D eigenvalue weighted by molar-refractivity contribution is 6.35. The first-order valence-corrected chi connectivity index (χ1v) is 6.20. The molecular formula is C14H9ClN2O4. The van der Waals surface area contributed by atoms with E-state index >= 15 is 0 Å². The number of anilines is 1. The van der Waals surface area contributed by atoms with Crippen molar-refractivity contribution < 1.29 is 14.5 Å². The minimum absolute atomic E-state index is 0.0201. The molecule has 0 saturated heterocycles. The summed E-state index contributed by atoms with van der Waals surface area (Å²) in [5.74, 6) is -0.713. The quantitative estimate of drug-likeness (QED) is 0.533. The van der Waals surface area contributed by atoms with Gasteiger partial charge in [-0.2, -0.15) is 0 Å². The number of carbonyl (C=O) groups excluding carboxylic acids is 2. The molecule has 2 rings (SSSR count). The van der Waals surface area contributed by atoms with E-state index in [4.69, 9.17) is 11.6 Å². The molecule has 2 aromatic carbocycles. The minimum atomic E-state index is -0.713. The van der Waals surface area contributed by atoms with E-state index in [-0.39, 0.29) is 16.3 Å². The Morgan fingerprint density at radius 1 is 1.24 bits per heavy atom. The van der Waals surface area contributed by atoms with Crippen molar-refractivity contribution in [2.75, 3.05) is 5.32 Å². The molecule has 1 amide bonds. The van der Waals surface area contributed by atoms with E-state index in [0.29, 0.717) is 17.5 Å². The van der Waals surface area contributed by atoms with Crippen molar-refractivity contribution in [3.8, 4) is 0 Å². The molecule has 0 aliphatic rings. The third-order valence-corrected chi connectivity index (χ3v) is 3.01. The van der Waals surface area contributed by atoms with E-state index < -0.39 is 10.8 Å². The number of nitro benzene ring substituents is 1. The van der Waals surface area contributed by atoms with Crippen LogP contribution < -0.4 is 5.32 Å². The average molecular weight is 305 g/mol. The monoisotopic (exact) mass is 304 g/mol. The molecule has 0 radical (unpaired) electrons. The lowest BCUT2D eigenvalue weighted by Crippen LogP contribution is -2.14. The van der Waals surface area contributed by atoms with Crippen LogP contribution in [0, 0.1) is 10.1 Å². The molecule has 7 heteroatoms. The summed E-state index contributed by atoms with van der Waals surface area (Å²) < 4.78 is 0. The smallest absolute Gasteiger partial charge is 0.283 e. The standard InChI is InChI=1S/C14H9ClN2O4/c15-11-5-2-6-12(17(20)21)13(11)14(19)16-10-4-1-3-9(7-10)8-18/h1-8H,(H,16,19). The highest BCUT2D eigenvalue weighted by Crippen LogP contribution is 2.27. The minimum Gasteiger partial charge on any atom is -0.322 e. The number of amides is 1. The van der Waals surface area contributed by atoms with Gasteiger partial charge in [0.2, 0.25) is 0 Å². The highest BCUT2D eigenvalue weighted by atomic mass is 35.5. The van der Waals surface area contributed by atoms with Crippen LogP contribution >= 0.6 is 11.6 Å². The molecule has 0 saturated carbocycles. The van der Waals surface area contributed by atoms with Crippen LogP contribution in [0.1, 0.15) is 20.7 Å². The van der Waals surface area contributed by atoms with Crippen molar-refractivity contribution in [1.82, 2.24) is 0 Å². The lowest BCUT2D eigenvalue weighted by Gasteiger charge is -2.07. The Morgan fingerprint density at radius 2 is 1.95 bits per heavy atom. The Hall–Kier alpha value is -2.73. The fraction of sp³-hybridized carbons (Fsp3) is 0. The van der Waals surface area contributed by atoms with Gasteiger partial charge in [0.1, 0.15) is 11.8 Å². The molecule has 21 heavy (non-hydrogen) atoms. The van der Waals surface area contributed by atoms with Gasteiger partial charge in [-0.3, -0.25) is 19.7 Å². The molecule has 0 atom stereocenters. The predicted octanol–water partition coefficient (Wildman–Crippen LogP) is 3.31. The largest absolute Gasteiger partial charge is 0.322 e. The lowest BCUT2D eigenvalue weighted by molar-refractivity contribution is -0.385. The van der Waals surface area contributed by atoms with Gasteiger partial charge < -0.3 is 5.32 Å². The topological polar surface area (TPSA) is 89.3 Å². The van der Waals surface area contributed by atoms with Crippen LogP contribution in [-0.4, -0.2) is 17.1 Å². The van der Waals surface area contributed by atoms with Crippen LogP contribution in [0.5, 0.6) is 0 Å². The molecule has 106 valence electrons. The zero-order valence-corrected chi connectivity index (χ0v) is 11.3. The molecule has 2 aromatic rings. The van der Waals surface area contributed by atoms with Crippen molar-refractivity contribution in [2.24, 2.45) is 0 Å². The summed E-state index contributed by atoms with van der Waals surface area (Å²) >= 11 is 5.87. The zero-order valence-electron chi connectivity index (χ0n) is 10.6. The molecule has 0 aromatic heterocycles. The summed E-state index contributed by atoms with van der Waals surface area (Å²) in [7, 11) is 0. The summed E-state index contributed by atoms with van der Waals surface area (Å²) in [5.41, 5.74) is 0.118. The van der Waals surface area contributed by atoms with Gasteiger partial charge >= 0.3 is 0 Å². The predicted molar refractivity (Wildman–Crippen MR) is 77.9 cm³/mol. The van der Waals surface area contributed by atoms with Crippen molar-refractivity contribution in [3.63, 3.8) is 0 Å². The molecule has 0 unspecified atom stereocenters. The van der Waals surface area contributed by atoms with Crippen molar-refractivity contribution in [1.29, 1.82) is 0 Å². The second-order valence-electron chi connectivity index (χ2n) is 4.09. The highest BCUT2D eigenvalue weighted by Gasteiger charge is 2.23. The third kappa shape index (κ3) is 3.24. The van der Waals surface area contributed by atoms with E-state index in [1.165, 1.54) is 24.3 Å². The Bertz CT molecular complexity index is 731. The summed E-state index contributed by atoms with van der Waals surface area (Å²) in [6.07, 6.45) is 0.633. The number of hydrogen-bond donors (Lipinski definition) is 1. The number of rotatable bonds is 4. The number of nitro groups is 1. The second-order valence-corrected chi connectivity index (χ2v) is 4.50. The maximum absolute atomic E-state index is 12.2. The second kappa shape index (κ2) is 6.15. The third-order valence-electron chi connectivity index (χ3n) is 2.70. The number of benzene rings is 2. The summed E-state index contributed by atoms with van der Waals surface area (Å²) in [6.45, 7) is 0. The average Bonchev–Trinajstić information content (AvgIpc) is 2.46. The van der Waals surface area contributed by atoms with Gasteiger partial charge in [-0.15, -0.1) is 0 Å². The van der Waals surface area contributed by atoms with Gasteiger partial charge in [-0.1, -0.05) is 29.8 Å². The maximum atomic E-state index is 12.2. The maximum Gasteiger partial charge on any atom is 0.283 e. The van der Waals surface area contributed by atoms with Gasteiger partial charge in [0.15, 0.2) is 0 Å². The molecular weight excluding hydrogens is 296 g/mol. The Kier molecular flexibility index (Phi) is 4.30. The normalized spacial score (nSPS) is 9.95. The van der Waals surface area contributed by atoms with E-state index in [1.807, 2.05) is 0 Å². The first-order chi connectivity index (χ1) is 10.0. The van der Waals surface area contributed by atoms with E-state index in [0.717, 1.165) is 0 Å². The summed E-state index contributed by atoms with van der Waals surface area (Å²) in [4.78, 5) is 33.1. The summed E-state index contributed by atoms with van der Waals surface area (Å²) in [5, 5.41) is 13.4. The first-order valence-electron chi connectivity index (χ1n) is 5.82. The van der Waals surface area contributed by atoms with Gasteiger partial charge in [0.05, 0.1) is 9.95 Å². The van der Waals surface area contributed by atoms with Gasteiger partial charge in [0.25, 0.3) is 11.6 Å². The van der Waals surface area contributed by atoms with Crippen molar-refractivity contribution >= 4 is 35.2 Å². The fourth-order valence-electron chi connectivity index (χ4n) is 1.77. The van der Waals surface area contributed by atoms with Crippen LogP contribution in [0.3, 0.4) is 0 Å². The number of halogens is 1. The fourth-order valence-corrected chi connectivity index (χ4v) is 2.03. The molecule has 0 aliphatic heterocycles. The Morgan fingerprint density at radius 3 is 2.62 bits per heavy atom.